The molecule has 2 rings (SSSR count). The van der Waals surface area contributed by atoms with Crippen LogP contribution in [0, 0.1) is 5.92 Å². The molecule has 0 radical (unpaired) electrons. The number of rotatable bonds is 5. The van der Waals surface area contributed by atoms with Crippen LogP contribution in [-0.4, -0.2) is 12.9 Å². The first-order chi connectivity index (χ1) is 8.69. The lowest BCUT2D eigenvalue weighted by atomic mass is 9.97. The van der Waals surface area contributed by atoms with Crippen LogP contribution in [0.25, 0.3) is 0 Å². The number of carbonyl (C=O) groups is 1. The van der Waals surface area contributed by atoms with Gasteiger partial charge < -0.3 is 4.74 Å². The van der Waals surface area contributed by atoms with Gasteiger partial charge in [0.25, 0.3) is 0 Å². The molecule has 2 nitrogen and oxygen atoms in total. The van der Waals surface area contributed by atoms with E-state index in [1.807, 2.05) is 12.1 Å². The number of Topliss-reactive ketones (excluding diaryl/α,β-unsaturated/α-hetero) is 1. The zero-order valence-corrected chi connectivity index (χ0v) is 11.5. The van der Waals surface area contributed by atoms with Crippen molar-refractivity contribution >= 4 is 17.4 Å². The second kappa shape index (κ2) is 6.24. The fourth-order valence-corrected chi connectivity index (χ4v) is 2.90. The van der Waals surface area contributed by atoms with Gasteiger partial charge in [0.1, 0.15) is 11.5 Å². The van der Waals surface area contributed by atoms with Crippen LogP contribution in [-0.2, 0) is 11.2 Å². The summed E-state index contributed by atoms with van der Waals surface area (Å²) >= 11 is 5.96. The molecule has 1 fully saturated rings. The number of halogens is 1. The van der Waals surface area contributed by atoms with Gasteiger partial charge in [-0.2, -0.15) is 0 Å². The molecular weight excluding hydrogens is 248 g/mol. The normalized spacial score (nSPS) is 15.9. The molecule has 3 heteroatoms. The van der Waals surface area contributed by atoms with E-state index in [1.165, 1.54) is 25.7 Å². The number of hydrogen-bond acceptors (Lipinski definition) is 2. The van der Waals surface area contributed by atoms with Crippen LogP contribution in [0.3, 0.4) is 0 Å². The summed E-state index contributed by atoms with van der Waals surface area (Å²) in [6, 6.07) is 5.43. The smallest absolute Gasteiger partial charge is 0.137 e. The Morgan fingerprint density at radius 3 is 2.78 bits per heavy atom. The van der Waals surface area contributed by atoms with Crippen molar-refractivity contribution in [1.82, 2.24) is 0 Å². The zero-order chi connectivity index (χ0) is 13.0. The molecule has 0 aromatic heterocycles. The van der Waals surface area contributed by atoms with Gasteiger partial charge in [-0.25, -0.2) is 0 Å². The minimum atomic E-state index is 0.294. The van der Waals surface area contributed by atoms with Gasteiger partial charge in [0.2, 0.25) is 0 Å². The van der Waals surface area contributed by atoms with E-state index in [4.69, 9.17) is 16.3 Å². The van der Waals surface area contributed by atoms with Gasteiger partial charge in [0.15, 0.2) is 0 Å². The summed E-state index contributed by atoms with van der Waals surface area (Å²) in [7, 11) is 1.62. The average Bonchev–Trinajstić information content (AvgIpc) is 2.82. The monoisotopic (exact) mass is 266 g/mol. The predicted molar refractivity (Wildman–Crippen MR) is 73.3 cm³/mol. The number of methoxy groups -OCH3 is 1. The molecule has 0 N–H and O–H groups in total. The summed E-state index contributed by atoms with van der Waals surface area (Å²) in [6.07, 6.45) is 6.10. The largest absolute Gasteiger partial charge is 0.496 e. The fraction of sp³-hybridized carbons (Fsp3) is 0.533. The van der Waals surface area contributed by atoms with E-state index in [2.05, 4.69) is 0 Å². The molecule has 1 aromatic carbocycles. The molecular formula is C15H19ClO2. The average molecular weight is 267 g/mol. The van der Waals surface area contributed by atoms with Crippen molar-refractivity contribution in [2.24, 2.45) is 5.92 Å². The first kappa shape index (κ1) is 13.4. The third-order valence-electron chi connectivity index (χ3n) is 3.62. The van der Waals surface area contributed by atoms with Crippen LogP contribution in [0.1, 0.15) is 37.7 Å². The maximum absolute atomic E-state index is 12.0. The van der Waals surface area contributed by atoms with Crippen molar-refractivity contribution in [3.8, 4) is 5.75 Å². The Labute approximate surface area is 113 Å². The van der Waals surface area contributed by atoms with Gasteiger partial charge in [0.05, 0.1) is 7.11 Å². The summed E-state index contributed by atoms with van der Waals surface area (Å²) < 4.78 is 5.26. The highest BCUT2D eigenvalue weighted by atomic mass is 35.5. The Bertz CT molecular complexity index is 423. The number of ketones is 1. The lowest BCUT2D eigenvalue weighted by molar-refractivity contribution is -0.119. The van der Waals surface area contributed by atoms with Gasteiger partial charge >= 0.3 is 0 Å². The van der Waals surface area contributed by atoms with Crippen LogP contribution in [0.15, 0.2) is 18.2 Å². The van der Waals surface area contributed by atoms with Crippen molar-refractivity contribution in [3.63, 3.8) is 0 Å². The second-order valence-corrected chi connectivity index (χ2v) is 5.46. The third-order valence-corrected chi connectivity index (χ3v) is 3.86. The van der Waals surface area contributed by atoms with Crippen LogP contribution < -0.4 is 4.74 Å². The van der Waals surface area contributed by atoms with E-state index >= 15 is 0 Å². The molecule has 0 unspecified atom stereocenters. The number of hydrogen-bond donors (Lipinski definition) is 0. The van der Waals surface area contributed by atoms with E-state index in [0.29, 0.717) is 29.6 Å². The standard InChI is InChI=1S/C15H19ClO2/c1-18-15-7-6-13(16)9-12(15)10-14(17)8-11-4-2-3-5-11/h6-7,9,11H,2-5,8,10H2,1H3. The Hall–Kier alpha value is -1.02. The summed E-state index contributed by atoms with van der Waals surface area (Å²) in [5.74, 6) is 1.64. The SMILES string of the molecule is COc1ccc(Cl)cc1CC(=O)CC1CCCC1. The maximum Gasteiger partial charge on any atom is 0.137 e. The summed E-state index contributed by atoms with van der Waals surface area (Å²) in [6.45, 7) is 0. The molecule has 0 spiro atoms. The third kappa shape index (κ3) is 3.49. The van der Waals surface area contributed by atoms with Crippen LogP contribution >= 0.6 is 11.6 Å². The van der Waals surface area contributed by atoms with Crippen molar-refractivity contribution in [3.05, 3.63) is 28.8 Å². The molecule has 0 heterocycles. The molecule has 18 heavy (non-hydrogen) atoms. The van der Waals surface area contributed by atoms with Gasteiger partial charge in [0, 0.05) is 23.4 Å². The Balaban J connectivity index is 1.99. The van der Waals surface area contributed by atoms with Gasteiger partial charge in [-0.05, 0) is 24.1 Å². The molecule has 1 aromatic rings. The number of carbonyl (C=O) groups excluding carboxylic acids is 1. The van der Waals surface area contributed by atoms with Gasteiger partial charge in [-0.1, -0.05) is 37.3 Å². The van der Waals surface area contributed by atoms with Gasteiger partial charge in [-0.15, -0.1) is 0 Å². The maximum atomic E-state index is 12.0. The van der Waals surface area contributed by atoms with Crippen LogP contribution in [0.5, 0.6) is 5.75 Å². The molecule has 1 saturated carbocycles. The molecule has 98 valence electrons. The summed E-state index contributed by atoms with van der Waals surface area (Å²) in [4.78, 5) is 12.0. The quantitative estimate of drug-likeness (QED) is 0.804. The molecule has 0 atom stereocenters. The highest BCUT2D eigenvalue weighted by Crippen LogP contribution is 2.29. The van der Waals surface area contributed by atoms with Crippen molar-refractivity contribution in [2.45, 2.75) is 38.5 Å². The van der Waals surface area contributed by atoms with E-state index in [1.54, 1.807) is 13.2 Å². The van der Waals surface area contributed by atoms with E-state index in [-0.39, 0.29) is 0 Å². The Morgan fingerprint density at radius 1 is 1.39 bits per heavy atom. The highest BCUT2D eigenvalue weighted by Gasteiger charge is 2.19. The molecule has 0 bridgehead atoms. The number of ether oxygens (including phenoxy) is 1. The Morgan fingerprint density at radius 2 is 2.11 bits per heavy atom. The van der Waals surface area contributed by atoms with Crippen molar-refractivity contribution < 1.29 is 9.53 Å². The van der Waals surface area contributed by atoms with Crippen LogP contribution in [0.4, 0.5) is 0 Å². The van der Waals surface area contributed by atoms with E-state index in [0.717, 1.165) is 11.3 Å². The second-order valence-electron chi connectivity index (χ2n) is 5.03. The topological polar surface area (TPSA) is 26.3 Å². The molecule has 0 amide bonds. The minimum Gasteiger partial charge on any atom is -0.496 e. The summed E-state index contributed by atoms with van der Waals surface area (Å²) in [5, 5.41) is 0.652. The lowest BCUT2D eigenvalue weighted by Gasteiger charge is -2.10. The molecule has 0 aliphatic heterocycles. The first-order valence-corrected chi connectivity index (χ1v) is 6.91. The predicted octanol–water partition coefficient (Wildman–Crippen LogP) is 4.04. The molecule has 0 saturated heterocycles. The van der Waals surface area contributed by atoms with Gasteiger partial charge in [-0.3, -0.25) is 4.79 Å². The Kier molecular flexibility index (Phi) is 4.65. The highest BCUT2D eigenvalue weighted by molar-refractivity contribution is 6.30. The summed E-state index contributed by atoms with van der Waals surface area (Å²) in [5.41, 5.74) is 0.896. The minimum absolute atomic E-state index is 0.294. The first-order valence-electron chi connectivity index (χ1n) is 6.53. The van der Waals surface area contributed by atoms with Crippen LogP contribution in [0.2, 0.25) is 5.02 Å². The van der Waals surface area contributed by atoms with Crippen molar-refractivity contribution in [2.75, 3.05) is 7.11 Å². The van der Waals surface area contributed by atoms with Crippen molar-refractivity contribution in [1.29, 1.82) is 0 Å². The molecule has 1 aliphatic carbocycles. The van der Waals surface area contributed by atoms with E-state index in [9.17, 15) is 4.79 Å². The zero-order valence-electron chi connectivity index (χ0n) is 10.7. The number of benzene rings is 1. The molecule has 1 aliphatic rings. The van der Waals surface area contributed by atoms with E-state index < -0.39 is 0 Å². The lowest BCUT2D eigenvalue weighted by Crippen LogP contribution is -2.09. The fourth-order valence-electron chi connectivity index (χ4n) is 2.71.